The van der Waals surface area contributed by atoms with Crippen molar-refractivity contribution < 1.29 is 9.47 Å². The molecule has 0 spiro atoms. The van der Waals surface area contributed by atoms with E-state index in [0.717, 1.165) is 32.7 Å². The number of pyridine rings is 1. The van der Waals surface area contributed by atoms with Crippen molar-refractivity contribution >= 4 is 11.6 Å². The van der Waals surface area contributed by atoms with E-state index in [4.69, 9.17) is 21.1 Å². The molecule has 1 aromatic heterocycles. The maximum absolute atomic E-state index is 5.79. The first kappa shape index (κ1) is 15.2. The largest absolute Gasteiger partial charge is 0.491 e. The number of nitrogens with zero attached hydrogens (tertiary/aromatic N) is 1. The van der Waals surface area contributed by atoms with Gasteiger partial charge in [-0.2, -0.15) is 0 Å². The fourth-order valence-corrected chi connectivity index (χ4v) is 1.49. The summed E-state index contributed by atoms with van der Waals surface area (Å²) in [6, 6.07) is 1.75. The van der Waals surface area contributed by atoms with E-state index < -0.39 is 0 Å². The van der Waals surface area contributed by atoms with Gasteiger partial charge in [0.15, 0.2) is 0 Å². The summed E-state index contributed by atoms with van der Waals surface area (Å²) in [5.41, 5.74) is 0. The normalized spacial score (nSPS) is 10.6. The van der Waals surface area contributed by atoms with E-state index in [2.05, 4.69) is 17.2 Å². The molecule has 1 N–H and O–H groups in total. The highest BCUT2D eigenvalue weighted by Gasteiger charge is 1.95. The zero-order chi connectivity index (χ0) is 13.1. The van der Waals surface area contributed by atoms with E-state index in [9.17, 15) is 0 Å². The van der Waals surface area contributed by atoms with E-state index in [-0.39, 0.29) is 0 Å². The van der Waals surface area contributed by atoms with E-state index >= 15 is 0 Å². The van der Waals surface area contributed by atoms with Gasteiger partial charge in [0, 0.05) is 32.0 Å². The molecule has 0 saturated carbocycles. The van der Waals surface area contributed by atoms with Gasteiger partial charge in [-0.05, 0) is 6.42 Å². The smallest absolute Gasteiger partial charge is 0.139 e. The van der Waals surface area contributed by atoms with Crippen LogP contribution in [0.2, 0.25) is 5.02 Å². The Hall–Kier alpha value is -0.840. The summed E-state index contributed by atoms with van der Waals surface area (Å²) in [6.45, 7) is 5.98. The number of unbranched alkanes of at least 4 members (excludes halogenated alkanes) is 1. The second-order valence-corrected chi connectivity index (χ2v) is 4.34. The van der Waals surface area contributed by atoms with Crippen molar-refractivity contribution in [2.75, 3.05) is 32.9 Å². The van der Waals surface area contributed by atoms with Gasteiger partial charge in [-0.25, -0.2) is 0 Å². The Bertz CT molecular complexity index is 324. The maximum Gasteiger partial charge on any atom is 0.139 e. The quantitative estimate of drug-likeness (QED) is 0.665. The van der Waals surface area contributed by atoms with Gasteiger partial charge in [0.2, 0.25) is 0 Å². The minimum absolute atomic E-state index is 0.588. The first-order valence-electron chi connectivity index (χ1n) is 6.34. The summed E-state index contributed by atoms with van der Waals surface area (Å²) in [4.78, 5) is 3.94. The molecule has 0 bridgehead atoms. The summed E-state index contributed by atoms with van der Waals surface area (Å²) in [6.07, 6.45) is 5.54. The topological polar surface area (TPSA) is 43.4 Å². The third kappa shape index (κ3) is 7.48. The number of aromatic nitrogens is 1. The van der Waals surface area contributed by atoms with Gasteiger partial charge in [-0.15, -0.1) is 0 Å². The van der Waals surface area contributed by atoms with Gasteiger partial charge in [0.25, 0.3) is 0 Å². The summed E-state index contributed by atoms with van der Waals surface area (Å²) in [7, 11) is 0. The number of ether oxygens (including phenoxy) is 2. The van der Waals surface area contributed by atoms with E-state index in [1.165, 1.54) is 6.42 Å². The number of hydrogen-bond donors (Lipinski definition) is 1. The fourth-order valence-electron chi connectivity index (χ4n) is 1.33. The minimum Gasteiger partial charge on any atom is -0.491 e. The van der Waals surface area contributed by atoms with Crippen LogP contribution in [0.4, 0.5) is 0 Å². The molecule has 102 valence electrons. The van der Waals surface area contributed by atoms with Crippen molar-refractivity contribution in [1.82, 2.24) is 10.3 Å². The highest BCUT2D eigenvalue weighted by molar-refractivity contribution is 6.30. The highest BCUT2D eigenvalue weighted by atomic mass is 35.5. The van der Waals surface area contributed by atoms with Crippen molar-refractivity contribution in [2.24, 2.45) is 0 Å². The van der Waals surface area contributed by atoms with E-state index in [0.29, 0.717) is 17.4 Å². The molecule has 0 aliphatic carbocycles. The Morgan fingerprint density at radius 3 is 2.83 bits per heavy atom. The third-order valence-electron chi connectivity index (χ3n) is 2.29. The molecule has 0 unspecified atom stereocenters. The predicted molar refractivity (Wildman–Crippen MR) is 73.3 cm³/mol. The molecule has 18 heavy (non-hydrogen) atoms. The number of rotatable bonds is 10. The molecular weight excluding hydrogens is 252 g/mol. The molecule has 1 rings (SSSR count). The molecular formula is C13H21ClN2O2. The zero-order valence-corrected chi connectivity index (χ0v) is 11.6. The van der Waals surface area contributed by atoms with Gasteiger partial charge < -0.3 is 14.8 Å². The van der Waals surface area contributed by atoms with Crippen molar-refractivity contribution in [3.8, 4) is 5.75 Å². The monoisotopic (exact) mass is 272 g/mol. The van der Waals surface area contributed by atoms with Crippen LogP contribution in [0.5, 0.6) is 5.75 Å². The summed E-state index contributed by atoms with van der Waals surface area (Å²) in [5.74, 6) is 0.698. The SMILES string of the molecule is CCCCOCCNCCOc1cncc(Cl)c1. The Morgan fingerprint density at radius 2 is 2.06 bits per heavy atom. The molecule has 0 aliphatic heterocycles. The lowest BCUT2D eigenvalue weighted by molar-refractivity contribution is 0.132. The van der Waals surface area contributed by atoms with Gasteiger partial charge in [-0.1, -0.05) is 24.9 Å². The first-order valence-corrected chi connectivity index (χ1v) is 6.72. The lowest BCUT2D eigenvalue weighted by Gasteiger charge is -2.07. The van der Waals surface area contributed by atoms with Crippen molar-refractivity contribution in [3.63, 3.8) is 0 Å². The Kier molecular flexibility index (Phi) is 8.55. The lowest BCUT2D eigenvalue weighted by Crippen LogP contribution is -2.25. The average Bonchev–Trinajstić information content (AvgIpc) is 2.37. The maximum atomic E-state index is 5.79. The Labute approximate surface area is 114 Å². The summed E-state index contributed by atoms with van der Waals surface area (Å²) < 4.78 is 10.9. The average molecular weight is 273 g/mol. The predicted octanol–water partition coefficient (Wildman–Crippen LogP) is 2.52. The number of nitrogens with one attached hydrogen (secondary N) is 1. The zero-order valence-electron chi connectivity index (χ0n) is 10.8. The molecule has 0 aromatic carbocycles. The van der Waals surface area contributed by atoms with Gasteiger partial charge in [-0.3, -0.25) is 4.98 Å². The fraction of sp³-hybridized carbons (Fsp3) is 0.615. The van der Waals surface area contributed by atoms with Crippen molar-refractivity contribution in [1.29, 1.82) is 0 Å². The number of halogens is 1. The molecule has 4 nitrogen and oxygen atoms in total. The molecule has 0 amide bonds. The molecule has 1 heterocycles. The number of hydrogen-bond acceptors (Lipinski definition) is 4. The molecule has 1 aromatic rings. The molecule has 0 saturated heterocycles. The molecule has 0 radical (unpaired) electrons. The van der Waals surface area contributed by atoms with Gasteiger partial charge >= 0.3 is 0 Å². The van der Waals surface area contributed by atoms with Gasteiger partial charge in [0.05, 0.1) is 17.8 Å². The lowest BCUT2D eigenvalue weighted by atomic mass is 10.4. The first-order chi connectivity index (χ1) is 8.83. The Morgan fingerprint density at radius 1 is 1.22 bits per heavy atom. The summed E-state index contributed by atoms with van der Waals surface area (Å²) >= 11 is 5.79. The second kappa shape index (κ2) is 10.1. The molecule has 0 aliphatic rings. The van der Waals surface area contributed by atoms with Crippen LogP contribution >= 0.6 is 11.6 Å². The summed E-state index contributed by atoms with van der Waals surface area (Å²) in [5, 5.41) is 3.83. The van der Waals surface area contributed by atoms with Crippen LogP contribution in [0.25, 0.3) is 0 Å². The van der Waals surface area contributed by atoms with Crippen LogP contribution in [0.15, 0.2) is 18.5 Å². The van der Waals surface area contributed by atoms with Crippen molar-refractivity contribution in [3.05, 3.63) is 23.5 Å². The van der Waals surface area contributed by atoms with Crippen LogP contribution < -0.4 is 10.1 Å². The molecule has 5 heteroatoms. The third-order valence-corrected chi connectivity index (χ3v) is 2.50. The highest BCUT2D eigenvalue weighted by Crippen LogP contribution is 2.14. The van der Waals surface area contributed by atoms with Crippen molar-refractivity contribution in [2.45, 2.75) is 19.8 Å². The van der Waals surface area contributed by atoms with Crippen LogP contribution in [0.3, 0.4) is 0 Å². The molecule has 0 atom stereocenters. The second-order valence-electron chi connectivity index (χ2n) is 3.90. The van der Waals surface area contributed by atoms with E-state index in [1.54, 1.807) is 18.5 Å². The molecule has 0 fully saturated rings. The standard InChI is InChI=1S/C13H21ClN2O2/c1-2-3-6-17-7-4-15-5-8-18-13-9-12(14)10-16-11-13/h9-11,15H,2-8H2,1H3. The van der Waals surface area contributed by atoms with Crippen LogP contribution in [-0.2, 0) is 4.74 Å². The van der Waals surface area contributed by atoms with Crippen LogP contribution in [-0.4, -0.2) is 37.9 Å². The van der Waals surface area contributed by atoms with E-state index in [1.807, 2.05) is 0 Å². The van der Waals surface area contributed by atoms with Crippen LogP contribution in [0, 0.1) is 0 Å². The Balaban J connectivity index is 1.92. The minimum atomic E-state index is 0.588. The van der Waals surface area contributed by atoms with Crippen LogP contribution in [0.1, 0.15) is 19.8 Å². The van der Waals surface area contributed by atoms with Gasteiger partial charge in [0.1, 0.15) is 12.4 Å².